The van der Waals surface area contributed by atoms with E-state index in [0.717, 1.165) is 10.4 Å². The number of hydrogen-bond acceptors (Lipinski definition) is 1. The quantitative estimate of drug-likeness (QED) is 0.643. The lowest BCUT2D eigenvalue weighted by Crippen LogP contribution is -1.72. The molecule has 2 rings (SSSR count). The normalized spacial score (nSPS) is 10.3. The van der Waals surface area contributed by atoms with Gasteiger partial charge < -0.3 is 0 Å². The molecule has 0 saturated heterocycles. The molecular formula is C11H9FS. The first-order valence-electron chi connectivity index (χ1n) is 4.08. The maximum Gasteiger partial charge on any atom is 0.176 e. The number of hydrogen-bond donors (Lipinski definition) is 0. The van der Waals surface area contributed by atoms with Gasteiger partial charge in [-0.05, 0) is 24.6 Å². The number of halogens is 1. The summed E-state index contributed by atoms with van der Waals surface area (Å²) in [7, 11) is 0. The standard InChI is InChI=1S/C11H9FS/c1-8-2-4-9(5-3-8)10-6-7-11(12)13-10/h2-7H,1H3. The van der Waals surface area contributed by atoms with Crippen LogP contribution < -0.4 is 0 Å². The van der Waals surface area contributed by atoms with E-state index in [4.69, 9.17) is 0 Å². The van der Waals surface area contributed by atoms with Crippen molar-refractivity contribution in [1.29, 1.82) is 0 Å². The van der Waals surface area contributed by atoms with Crippen LogP contribution in [-0.2, 0) is 0 Å². The Balaban J connectivity index is 2.41. The smallest absolute Gasteiger partial charge is 0.176 e. The van der Waals surface area contributed by atoms with E-state index >= 15 is 0 Å². The van der Waals surface area contributed by atoms with Gasteiger partial charge in [-0.1, -0.05) is 29.8 Å². The minimum atomic E-state index is -0.129. The van der Waals surface area contributed by atoms with Gasteiger partial charge in [0, 0.05) is 4.88 Å². The molecule has 66 valence electrons. The lowest BCUT2D eigenvalue weighted by molar-refractivity contribution is 0.657. The average molecular weight is 192 g/mol. The van der Waals surface area contributed by atoms with Crippen LogP contribution in [0.25, 0.3) is 10.4 Å². The molecule has 0 aliphatic heterocycles. The Morgan fingerprint density at radius 3 is 2.23 bits per heavy atom. The molecule has 0 N–H and O–H groups in total. The second kappa shape index (κ2) is 3.30. The molecule has 1 aromatic heterocycles. The Bertz CT molecular complexity index is 400. The van der Waals surface area contributed by atoms with Crippen LogP contribution in [-0.4, -0.2) is 0 Å². The summed E-state index contributed by atoms with van der Waals surface area (Å²) in [5.41, 5.74) is 2.31. The summed E-state index contributed by atoms with van der Waals surface area (Å²) < 4.78 is 12.7. The second-order valence-corrected chi connectivity index (χ2v) is 4.00. The van der Waals surface area contributed by atoms with Gasteiger partial charge in [-0.3, -0.25) is 0 Å². The van der Waals surface area contributed by atoms with Crippen molar-refractivity contribution in [1.82, 2.24) is 0 Å². The summed E-state index contributed by atoms with van der Waals surface area (Å²) >= 11 is 1.18. The Labute approximate surface area is 80.7 Å². The SMILES string of the molecule is Cc1ccc(-c2ccc(F)s2)cc1. The Morgan fingerprint density at radius 2 is 1.69 bits per heavy atom. The maximum absolute atomic E-state index is 12.7. The first-order valence-corrected chi connectivity index (χ1v) is 4.90. The predicted octanol–water partition coefficient (Wildman–Crippen LogP) is 3.86. The zero-order valence-electron chi connectivity index (χ0n) is 7.25. The molecule has 0 bridgehead atoms. The zero-order chi connectivity index (χ0) is 9.26. The van der Waals surface area contributed by atoms with Gasteiger partial charge in [-0.25, -0.2) is 0 Å². The third kappa shape index (κ3) is 1.78. The lowest BCUT2D eigenvalue weighted by Gasteiger charge is -1.96. The van der Waals surface area contributed by atoms with E-state index in [-0.39, 0.29) is 5.13 Å². The topological polar surface area (TPSA) is 0 Å². The van der Waals surface area contributed by atoms with Crippen LogP contribution >= 0.6 is 11.3 Å². The van der Waals surface area contributed by atoms with Crippen LogP contribution in [0.5, 0.6) is 0 Å². The van der Waals surface area contributed by atoms with Crippen LogP contribution in [0.4, 0.5) is 4.39 Å². The summed E-state index contributed by atoms with van der Waals surface area (Å²) in [5.74, 6) is 0. The molecule has 0 unspecified atom stereocenters. The molecule has 0 aliphatic rings. The van der Waals surface area contributed by atoms with E-state index in [1.165, 1.54) is 23.0 Å². The fourth-order valence-electron chi connectivity index (χ4n) is 1.19. The van der Waals surface area contributed by atoms with E-state index in [1.807, 2.05) is 37.3 Å². The zero-order valence-corrected chi connectivity index (χ0v) is 8.07. The van der Waals surface area contributed by atoms with Gasteiger partial charge in [0.05, 0.1) is 0 Å². The molecule has 0 amide bonds. The van der Waals surface area contributed by atoms with Crippen molar-refractivity contribution in [3.05, 3.63) is 47.1 Å². The van der Waals surface area contributed by atoms with Crippen molar-refractivity contribution >= 4 is 11.3 Å². The highest BCUT2D eigenvalue weighted by molar-refractivity contribution is 7.13. The first kappa shape index (κ1) is 8.45. The summed E-state index contributed by atoms with van der Waals surface area (Å²) in [6.45, 7) is 2.04. The molecule has 0 atom stereocenters. The summed E-state index contributed by atoms with van der Waals surface area (Å²) in [6, 6.07) is 11.4. The molecular weight excluding hydrogens is 183 g/mol. The van der Waals surface area contributed by atoms with Crippen LogP contribution in [0, 0.1) is 12.1 Å². The Morgan fingerprint density at radius 1 is 1.00 bits per heavy atom. The third-order valence-electron chi connectivity index (χ3n) is 1.91. The van der Waals surface area contributed by atoms with Gasteiger partial charge in [-0.15, -0.1) is 11.3 Å². The van der Waals surface area contributed by atoms with E-state index in [0.29, 0.717) is 0 Å². The molecule has 13 heavy (non-hydrogen) atoms. The minimum absolute atomic E-state index is 0.129. The number of aryl methyl sites for hydroxylation is 1. The van der Waals surface area contributed by atoms with E-state index in [2.05, 4.69) is 0 Å². The molecule has 1 aromatic carbocycles. The van der Waals surface area contributed by atoms with Crippen LogP contribution in [0.1, 0.15) is 5.56 Å². The highest BCUT2D eigenvalue weighted by atomic mass is 32.1. The highest BCUT2D eigenvalue weighted by Crippen LogP contribution is 2.26. The van der Waals surface area contributed by atoms with Gasteiger partial charge in [0.1, 0.15) is 0 Å². The summed E-state index contributed by atoms with van der Waals surface area (Å²) in [5, 5.41) is -0.129. The molecule has 0 saturated carbocycles. The van der Waals surface area contributed by atoms with E-state index in [9.17, 15) is 4.39 Å². The Kier molecular flexibility index (Phi) is 2.15. The lowest BCUT2D eigenvalue weighted by atomic mass is 10.1. The third-order valence-corrected chi connectivity index (χ3v) is 2.83. The average Bonchev–Trinajstić information content (AvgIpc) is 2.53. The molecule has 1 heterocycles. The van der Waals surface area contributed by atoms with Crippen molar-refractivity contribution in [3.8, 4) is 10.4 Å². The minimum Gasteiger partial charge on any atom is -0.195 e. The fraction of sp³-hybridized carbons (Fsp3) is 0.0909. The first-order chi connectivity index (χ1) is 6.25. The fourth-order valence-corrected chi connectivity index (χ4v) is 1.92. The molecule has 0 nitrogen and oxygen atoms in total. The van der Waals surface area contributed by atoms with Gasteiger partial charge in [-0.2, -0.15) is 4.39 Å². The molecule has 2 aromatic rings. The van der Waals surface area contributed by atoms with E-state index < -0.39 is 0 Å². The van der Waals surface area contributed by atoms with Crippen LogP contribution in [0.3, 0.4) is 0 Å². The Hall–Kier alpha value is -1.15. The van der Waals surface area contributed by atoms with Gasteiger partial charge >= 0.3 is 0 Å². The molecule has 2 heteroatoms. The number of rotatable bonds is 1. The van der Waals surface area contributed by atoms with Crippen LogP contribution in [0.15, 0.2) is 36.4 Å². The predicted molar refractivity (Wildman–Crippen MR) is 54.5 cm³/mol. The maximum atomic E-state index is 12.7. The van der Waals surface area contributed by atoms with Crippen LogP contribution in [0.2, 0.25) is 0 Å². The summed E-state index contributed by atoms with van der Waals surface area (Å²) in [4.78, 5) is 0.984. The highest BCUT2D eigenvalue weighted by Gasteiger charge is 2.00. The largest absolute Gasteiger partial charge is 0.195 e. The van der Waals surface area contributed by atoms with Crippen molar-refractivity contribution in [2.45, 2.75) is 6.92 Å². The van der Waals surface area contributed by atoms with Crippen molar-refractivity contribution in [2.24, 2.45) is 0 Å². The van der Waals surface area contributed by atoms with Crippen molar-refractivity contribution in [2.75, 3.05) is 0 Å². The number of benzene rings is 1. The molecule has 0 spiro atoms. The summed E-state index contributed by atoms with van der Waals surface area (Å²) in [6.07, 6.45) is 0. The van der Waals surface area contributed by atoms with Gasteiger partial charge in [0.2, 0.25) is 0 Å². The number of thiophene rings is 1. The second-order valence-electron chi connectivity index (χ2n) is 2.97. The molecule has 0 fully saturated rings. The molecule has 0 radical (unpaired) electrons. The molecule has 0 aliphatic carbocycles. The monoisotopic (exact) mass is 192 g/mol. The van der Waals surface area contributed by atoms with Gasteiger partial charge in [0.25, 0.3) is 0 Å². The van der Waals surface area contributed by atoms with Crippen molar-refractivity contribution < 1.29 is 4.39 Å². The van der Waals surface area contributed by atoms with Gasteiger partial charge in [0.15, 0.2) is 5.13 Å². The van der Waals surface area contributed by atoms with E-state index in [1.54, 1.807) is 0 Å². The van der Waals surface area contributed by atoms with Crippen molar-refractivity contribution in [3.63, 3.8) is 0 Å².